The highest BCUT2D eigenvalue weighted by Gasteiger charge is 2.28. The Kier molecular flexibility index (Phi) is 2.61. The summed E-state index contributed by atoms with van der Waals surface area (Å²) in [5, 5.41) is 10.7. The number of benzene rings is 1. The van der Waals surface area contributed by atoms with Crippen LogP contribution in [-0.4, -0.2) is 16.5 Å². The molecule has 0 N–H and O–H groups in total. The normalized spacial score (nSPS) is 11.7. The average Bonchev–Trinajstić information content (AvgIpc) is 2.15. The molecule has 0 saturated carbocycles. The van der Waals surface area contributed by atoms with E-state index in [1.807, 2.05) is 0 Å². The number of non-ortho nitro benzene ring substituents is 1. The van der Waals surface area contributed by atoms with Crippen LogP contribution in [0.3, 0.4) is 0 Å². The number of hydrogen-bond acceptors (Lipinski definition) is 6. The van der Waals surface area contributed by atoms with E-state index in [1.165, 1.54) is 12.1 Å². The quantitative estimate of drug-likeness (QED) is 0.353. The third-order valence-electron chi connectivity index (χ3n) is 2.12. The summed E-state index contributed by atoms with van der Waals surface area (Å²) in [6.07, 6.45) is 0. The smallest absolute Gasteiger partial charge is 0.342 e. The van der Waals surface area contributed by atoms with Crippen LogP contribution in [0.5, 0.6) is 0 Å². The van der Waals surface area contributed by atoms with Gasteiger partial charge in [0.1, 0.15) is 11.2 Å². The highest BCUT2D eigenvalue weighted by atomic mass is 17.0. The summed E-state index contributed by atoms with van der Waals surface area (Å²) in [5.74, 6) is -0.614. The minimum Gasteiger partial charge on any atom is -0.456 e. The van der Waals surface area contributed by atoms with Gasteiger partial charge in [0, 0.05) is 6.07 Å². The first-order chi connectivity index (χ1) is 8.29. The van der Waals surface area contributed by atoms with E-state index in [4.69, 9.17) is 4.74 Å². The maximum Gasteiger partial charge on any atom is 0.342 e. The van der Waals surface area contributed by atoms with Crippen molar-refractivity contribution in [1.29, 1.82) is 0 Å². The lowest BCUT2D eigenvalue weighted by molar-refractivity contribution is -0.384. The Bertz CT molecular complexity index is 615. The zero-order valence-corrected chi connectivity index (χ0v) is 10.1. The summed E-state index contributed by atoms with van der Waals surface area (Å²) in [7, 11) is 0. The maximum atomic E-state index is 11.8. The van der Waals surface area contributed by atoms with Crippen LogP contribution < -0.4 is 0 Å². The molecule has 0 amide bonds. The van der Waals surface area contributed by atoms with Crippen molar-refractivity contribution in [2.45, 2.75) is 26.4 Å². The highest BCUT2D eigenvalue weighted by molar-refractivity contribution is 6.03. The molecule has 0 atom stereocenters. The number of carbonyl (C=O) groups is 1. The summed E-state index contributed by atoms with van der Waals surface area (Å²) in [4.78, 5) is 21.9. The van der Waals surface area contributed by atoms with Crippen molar-refractivity contribution in [2.24, 2.45) is 0 Å². The van der Waals surface area contributed by atoms with E-state index in [0.717, 1.165) is 0 Å². The van der Waals surface area contributed by atoms with Gasteiger partial charge < -0.3 is 4.74 Å². The summed E-state index contributed by atoms with van der Waals surface area (Å²) >= 11 is 0. The van der Waals surface area contributed by atoms with Crippen molar-refractivity contribution in [2.75, 3.05) is 0 Å². The van der Waals surface area contributed by atoms with Gasteiger partial charge >= 0.3 is 17.2 Å². The van der Waals surface area contributed by atoms with Crippen LogP contribution >= 0.6 is 0 Å². The molecule has 0 aliphatic rings. The van der Waals surface area contributed by atoms with Crippen molar-refractivity contribution in [1.82, 2.24) is 0 Å². The lowest BCUT2D eigenvalue weighted by Crippen LogP contribution is -2.24. The van der Waals surface area contributed by atoms with Gasteiger partial charge in [-0.15, -0.1) is 0 Å². The molecule has 18 heavy (non-hydrogen) atoms. The first-order valence-corrected chi connectivity index (χ1v) is 5.19. The molecular formula is C11H11NO6. The van der Waals surface area contributed by atoms with Gasteiger partial charge in [-0.05, 0) is 26.8 Å². The number of rotatable bonds is 2. The molecule has 0 aliphatic carbocycles. The van der Waals surface area contributed by atoms with E-state index in [9.17, 15) is 14.9 Å². The zero-order chi connectivity index (χ0) is 13.5. The predicted octanol–water partition coefficient (Wildman–Crippen LogP) is 2.89. The third kappa shape index (κ3) is 2.06. The van der Waals surface area contributed by atoms with Crippen LogP contribution in [0.1, 0.15) is 31.1 Å². The number of fused-ring (bicyclic) bond motifs is 1. The van der Waals surface area contributed by atoms with E-state index < -0.39 is 16.5 Å². The standard InChI is InChI=1S/C11H11NO6/c1-11(2,3)16-10(13)6-4-5-7(12(14)15)9-8(6)17-18-9/h4-5H,1-3H3. The Morgan fingerprint density at radius 1 is 1.28 bits per heavy atom. The molecule has 1 aromatic heterocycles. The highest BCUT2D eigenvalue weighted by Crippen LogP contribution is 2.32. The molecule has 0 fully saturated rings. The Morgan fingerprint density at radius 3 is 2.33 bits per heavy atom. The molecule has 7 heteroatoms. The summed E-state index contributed by atoms with van der Waals surface area (Å²) in [5.41, 5.74) is -0.807. The molecule has 1 aromatic carbocycles. The van der Waals surface area contributed by atoms with E-state index in [-0.39, 0.29) is 22.4 Å². The van der Waals surface area contributed by atoms with Gasteiger partial charge in [-0.1, -0.05) is 0 Å². The van der Waals surface area contributed by atoms with E-state index >= 15 is 0 Å². The molecular weight excluding hydrogens is 242 g/mol. The number of nitrogens with zero attached hydrogens (tertiary/aromatic N) is 1. The molecule has 0 bridgehead atoms. The topological polar surface area (TPSA) is 95.7 Å². The largest absolute Gasteiger partial charge is 0.456 e. The monoisotopic (exact) mass is 253 g/mol. The van der Waals surface area contributed by atoms with Gasteiger partial charge in [-0.3, -0.25) is 19.3 Å². The second kappa shape index (κ2) is 3.86. The number of nitro groups is 1. The minimum absolute atomic E-state index is 0.0402. The average molecular weight is 253 g/mol. The van der Waals surface area contributed by atoms with Crippen LogP contribution in [0.15, 0.2) is 21.3 Å². The van der Waals surface area contributed by atoms with Crippen LogP contribution in [0.2, 0.25) is 0 Å². The Morgan fingerprint density at radius 2 is 1.89 bits per heavy atom. The van der Waals surface area contributed by atoms with E-state index in [1.54, 1.807) is 20.8 Å². The van der Waals surface area contributed by atoms with Crippen LogP contribution in [0, 0.1) is 10.1 Å². The second-order valence-electron chi connectivity index (χ2n) is 4.72. The second-order valence-corrected chi connectivity index (χ2v) is 4.72. The summed E-state index contributed by atoms with van der Waals surface area (Å²) in [6.45, 7) is 5.17. The Balaban J connectivity index is 2.40. The van der Waals surface area contributed by atoms with Crippen LogP contribution in [-0.2, 0) is 4.74 Å². The number of esters is 1. The summed E-state index contributed by atoms with van der Waals surface area (Å²) in [6, 6.07) is 2.47. The Hall–Kier alpha value is -2.31. The van der Waals surface area contributed by atoms with Crippen molar-refractivity contribution >= 4 is 22.8 Å². The lowest BCUT2D eigenvalue weighted by atomic mass is 10.1. The molecule has 0 aliphatic heterocycles. The number of hydrogen-bond donors (Lipinski definition) is 0. The van der Waals surface area contributed by atoms with Crippen molar-refractivity contribution < 1.29 is 23.6 Å². The van der Waals surface area contributed by atoms with E-state index in [0.29, 0.717) is 0 Å². The van der Waals surface area contributed by atoms with E-state index in [2.05, 4.69) is 9.15 Å². The first kappa shape index (κ1) is 12.2. The predicted molar refractivity (Wildman–Crippen MR) is 60.3 cm³/mol. The molecule has 0 spiro atoms. The number of ether oxygens (including phenoxy) is 1. The Labute approximate surface area is 101 Å². The van der Waals surface area contributed by atoms with Gasteiger partial charge in [0.05, 0.1) is 4.92 Å². The maximum absolute atomic E-state index is 11.8. The number of nitro benzene ring substituents is 1. The zero-order valence-electron chi connectivity index (χ0n) is 10.1. The molecule has 0 unspecified atom stereocenters. The van der Waals surface area contributed by atoms with Gasteiger partial charge in [-0.2, -0.15) is 0 Å². The van der Waals surface area contributed by atoms with Crippen LogP contribution in [0.25, 0.3) is 11.2 Å². The van der Waals surface area contributed by atoms with Crippen LogP contribution in [0.4, 0.5) is 5.69 Å². The fraction of sp³-hybridized carbons (Fsp3) is 0.364. The first-order valence-electron chi connectivity index (χ1n) is 5.19. The SMILES string of the molecule is CC(C)(C)OC(=O)c1ccc([N+](=O)[O-])c2ooc12. The third-order valence-corrected chi connectivity index (χ3v) is 2.12. The molecule has 96 valence electrons. The van der Waals surface area contributed by atoms with Gasteiger partial charge in [0.15, 0.2) is 0 Å². The fourth-order valence-electron chi connectivity index (χ4n) is 1.40. The van der Waals surface area contributed by atoms with Gasteiger partial charge in [0.25, 0.3) is 0 Å². The van der Waals surface area contributed by atoms with Crippen molar-refractivity contribution in [3.8, 4) is 0 Å². The molecule has 0 radical (unpaired) electrons. The molecule has 1 heterocycles. The van der Waals surface area contributed by atoms with Gasteiger partial charge in [-0.25, -0.2) is 4.79 Å². The summed E-state index contributed by atoms with van der Waals surface area (Å²) < 4.78 is 14.3. The molecule has 0 saturated heterocycles. The minimum atomic E-state index is -0.656. The lowest BCUT2D eigenvalue weighted by Gasteiger charge is -2.19. The van der Waals surface area contributed by atoms with Gasteiger partial charge in [0.2, 0.25) is 5.58 Å². The molecule has 2 aromatic rings. The number of carbonyl (C=O) groups excluding carboxylic acids is 1. The van der Waals surface area contributed by atoms with Crippen molar-refractivity contribution in [3.05, 3.63) is 27.8 Å². The molecule has 7 nitrogen and oxygen atoms in total. The fourth-order valence-corrected chi connectivity index (χ4v) is 1.40. The molecule has 2 rings (SSSR count). The van der Waals surface area contributed by atoms with Crippen molar-refractivity contribution in [3.63, 3.8) is 0 Å².